The molecule has 1 aromatic rings. The number of hydrogen-bond donors (Lipinski definition) is 1. The van der Waals surface area contributed by atoms with Crippen LogP contribution in [-0.4, -0.2) is 12.6 Å². The molecule has 0 aliphatic rings. The largest absolute Gasteiger partial charge is 0.314 e. The van der Waals surface area contributed by atoms with Crippen molar-refractivity contribution in [3.63, 3.8) is 0 Å². The summed E-state index contributed by atoms with van der Waals surface area (Å²) >= 11 is 1.86. The molecule has 0 saturated carbocycles. The Labute approximate surface area is 97.9 Å². The van der Waals surface area contributed by atoms with Gasteiger partial charge in [0.15, 0.2) is 0 Å². The van der Waals surface area contributed by atoms with E-state index >= 15 is 0 Å². The van der Waals surface area contributed by atoms with Gasteiger partial charge in [-0.05, 0) is 50.1 Å². The van der Waals surface area contributed by atoms with Crippen molar-refractivity contribution in [2.45, 2.75) is 46.1 Å². The van der Waals surface area contributed by atoms with Crippen molar-refractivity contribution in [2.24, 2.45) is 5.92 Å². The molecule has 0 amide bonds. The molecule has 0 aliphatic heterocycles. The van der Waals surface area contributed by atoms with E-state index in [2.05, 4.69) is 43.6 Å². The molecule has 1 heterocycles. The summed E-state index contributed by atoms with van der Waals surface area (Å²) < 4.78 is 0. The molecule has 86 valence electrons. The van der Waals surface area contributed by atoms with Gasteiger partial charge in [0, 0.05) is 10.9 Å². The van der Waals surface area contributed by atoms with E-state index < -0.39 is 0 Å². The summed E-state index contributed by atoms with van der Waals surface area (Å²) in [7, 11) is 0. The number of nitrogens with one attached hydrogen (secondary N) is 1. The smallest absolute Gasteiger partial charge is 0.00457 e. The molecule has 1 N–H and O–H groups in total. The molecule has 0 fully saturated rings. The Morgan fingerprint density at radius 1 is 1.33 bits per heavy atom. The third kappa shape index (κ3) is 5.95. The lowest BCUT2D eigenvalue weighted by Crippen LogP contribution is -2.28. The molecule has 1 rings (SSSR count). The Morgan fingerprint density at radius 3 is 2.73 bits per heavy atom. The zero-order chi connectivity index (χ0) is 11.1. The predicted octanol–water partition coefficient (Wildman–Crippen LogP) is 3.70. The minimum atomic E-state index is 0.660. The lowest BCUT2D eigenvalue weighted by molar-refractivity contribution is 0.440. The Balaban J connectivity index is 2.01. The van der Waals surface area contributed by atoms with Gasteiger partial charge in [0.2, 0.25) is 0 Å². The van der Waals surface area contributed by atoms with Gasteiger partial charge in [0.25, 0.3) is 0 Å². The van der Waals surface area contributed by atoms with E-state index in [4.69, 9.17) is 0 Å². The van der Waals surface area contributed by atoms with E-state index in [1.54, 1.807) is 0 Å². The van der Waals surface area contributed by atoms with E-state index in [0.29, 0.717) is 6.04 Å². The van der Waals surface area contributed by atoms with Crippen molar-refractivity contribution in [2.75, 3.05) is 6.54 Å². The van der Waals surface area contributed by atoms with Gasteiger partial charge in [-0.15, -0.1) is 11.3 Å². The third-order valence-electron chi connectivity index (χ3n) is 2.50. The summed E-state index contributed by atoms with van der Waals surface area (Å²) in [5.41, 5.74) is 0. The van der Waals surface area contributed by atoms with Crippen molar-refractivity contribution in [3.8, 4) is 0 Å². The van der Waals surface area contributed by atoms with Crippen LogP contribution in [0.15, 0.2) is 17.5 Å². The summed E-state index contributed by atoms with van der Waals surface area (Å²) in [6.45, 7) is 7.99. The first-order valence-corrected chi connectivity index (χ1v) is 6.82. The van der Waals surface area contributed by atoms with Crippen LogP contribution in [0.1, 0.15) is 38.5 Å². The standard InChI is InChI=1S/C13H23NS/c1-11(2)10-12(3)14-8-4-6-13-7-5-9-15-13/h5,7,9,11-12,14H,4,6,8,10H2,1-3H3. The van der Waals surface area contributed by atoms with Gasteiger partial charge in [-0.1, -0.05) is 19.9 Å². The van der Waals surface area contributed by atoms with Crippen molar-refractivity contribution in [3.05, 3.63) is 22.4 Å². The van der Waals surface area contributed by atoms with Gasteiger partial charge >= 0.3 is 0 Å². The van der Waals surface area contributed by atoms with Crippen LogP contribution in [0.3, 0.4) is 0 Å². The second kappa shape index (κ2) is 7.02. The summed E-state index contributed by atoms with van der Waals surface area (Å²) in [6, 6.07) is 5.02. The maximum atomic E-state index is 3.58. The average Bonchev–Trinajstić information content (AvgIpc) is 2.63. The van der Waals surface area contributed by atoms with Crippen LogP contribution in [0.5, 0.6) is 0 Å². The van der Waals surface area contributed by atoms with Gasteiger partial charge < -0.3 is 5.32 Å². The summed E-state index contributed by atoms with van der Waals surface area (Å²) in [6.07, 6.45) is 3.75. The van der Waals surface area contributed by atoms with Gasteiger partial charge in [0.1, 0.15) is 0 Å². The first kappa shape index (κ1) is 12.7. The van der Waals surface area contributed by atoms with Crippen LogP contribution >= 0.6 is 11.3 Å². The fraction of sp³-hybridized carbons (Fsp3) is 0.692. The molecule has 0 aliphatic carbocycles. The van der Waals surface area contributed by atoms with Crippen molar-refractivity contribution in [1.29, 1.82) is 0 Å². The Bertz CT molecular complexity index is 241. The zero-order valence-corrected chi connectivity index (χ0v) is 10.9. The topological polar surface area (TPSA) is 12.0 Å². The molecular weight excluding hydrogens is 202 g/mol. The van der Waals surface area contributed by atoms with Crippen LogP contribution in [0, 0.1) is 5.92 Å². The SMILES string of the molecule is CC(C)CC(C)NCCCc1cccs1. The van der Waals surface area contributed by atoms with Gasteiger partial charge in [-0.3, -0.25) is 0 Å². The van der Waals surface area contributed by atoms with Crippen LogP contribution in [-0.2, 0) is 6.42 Å². The highest BCUT2D eigenvalue weighted by Crippen LogP contribution is 2.10. The number of aryl methyl sites for hydroxylation is 1. The lowest BCUT2D eigenvalue weighted by atomic mass is 10.1. The normalized spacial score (nSPS) is 13.3. The zero-order valence-electron chi connectivity index (χ0n) is 10.1. The van der Waals surface area contributed by atoms with Crippen LogP contribution in [0.25, 0.3) is 0 Å². The maximum absolute atomic E-state index is 3.58. The highest BCUT2D eigenvalue weighted by molar-refractivity contribution is 7.09. The molecule has 0 spiro atoms. The molecule has 1 aromatic heterocycles. The second-order valence-electron chi connectivity index (χ2n) is 4.67. The molecule has 2 heteroatoms. The average molecular weight is 225 g/mol. The molecule has 0 radical (unpaired) electrons. The monoisotopic (exact) mass is 225 g/mol. The fourth-order valence-corrected chi connectivity index (χ4v) is 2.61. The van der Waals surface area contributed by atoms with Gasteiger partial charge in [0.05, 0.1) is 0 Å². The number of rotatable bonds is 7. The minimum absolute atomic E-state index is 0.660. The number of hydrogen-bond acceptors (Lipinski definition) is 2. The highest BCUT2D eigenvalue weighted by Gasteiger charge is 2.03. The van der Waals surface area contributed by atoms with Gasteiger partial charge in [-0.2, -0.15) is 0 Å². The van der Waals surface area contributed by atoms with Crippen molar-refractivity contribution < 1.29 is 0 Å². The molecule has 0 saturated heterocycles. The van der Waals surface area contributed by atoms with E-state index in [1.165, 1.54) is 24.1 Å². The van der Waals surface area contributed by atoms with E-state index in [9.17, 15) is 0 Å². The minimum Gasteiger partial charge on any atom is -0.314 e. The quantitative estimate of drug-likeness (QED) is 0.698. The van der Waals surface area contributed by atoms with Crippen molar-refractivity contribution in [1.82, 2.24) is 5.32 Å². The predicted molar refractivity (Wildman–Crippen MR) is 69.6 cm³/mol. The molecule has 1 nitrogen and oxygen atoms in total. The Morgan fingerprint density at radius 2 is 2.13 bits per heavy atom. The molecule has 15 heavy (non-hydrogen) atoms. The molecule has 1 unspecified atom stereocenters. The molecular formula is C13H23NS. The number of thiophene rings is 1. The van der Waals surface area contributed by atoms with Gasteiger partial charge in [-0.25, -0.2) is 0 Å². The molecule has 0 bridgehead atoms. The van der Waals surface area contributed by atoms with Crippen LogP contribution in [0.2, 0.25) is 0 Å². The second-order valence-corrected chi connectivity index (χ2v) is 5.70. The third-order valence-corrected chi connectivity index (χ3v) is 3.43. The van der Waals surface area contributed by atoms with Crippen LogP contribution < -0.4 is 5.32 Å². The van der Waals surface area contributed by atoms with E-state index in [0.717, 1.165) is 12.5 Å². The summed E-state index contributed by atoms with van der Waals surface area (Å²) in [5, 5.41) is 5.74. The fourth-order valence-electron chi connectivity index (χ4n) is 1.86. The summed E-state index contributed by atoms with van der Waals surface area (Å²) in [4.78, 5) is 1.51. The van der Waals surface area contributed by atoms with Crippen LogP contribution in [0.4, 0.5) is 0 Å². The van der Waals surface area contributed by atoms with Crippen molar-refractivity contribution >= 4 is 11.3 Å². The Kier molecular flexibility index (Phi) is 5.96. The highest BCUT2D eigenvalue weighted by atomic mass is 32.1. The summed E-state index contributed by atoms with van der Waals surface area (Å²) in [5.74, 6) is 0.796. The molecule has 0 aromatic carbocycles. The van der Waals surface area contributed by atoms with E-state index in [1.807, 2.05) is 11.3 Å². The van der Waals surface area contributed by atoms with E-state index in [-0.39, 0.29) is 0 Å². The lowest BCUT2D eigenvalue weighted by Gasteiger charge is -2.15. The molecule has 1 atom stereocenters. The Hall–Kier alpha value is -0.340. The first-order chi connectivity index (χ1) is 7.18. The maximum Gasteiger partial charge on any atom is 0.00457 e. The first-order valence-electron chi connectivity index (χ1n) is 5.94.